The summed E-state index contributed by atoms with van der Waals surface area (Å²) < 4.78 is 27.4. The molecule has 166 valence electrons. The molecule has 0 saturated carbocycles. The lowest BCUT2D eigenvalue weighted by Crippen LogP contribution is -2.41. The number of nitrogens with zero attached hydrogens (tertiary/aromatic N) is 2. The van der Waals surface area contributed by atoms with Crippen LogP contribution in [0.5, 0.6) is 0 Å². The monoisotopic (exact) mass is 443 g/mol. The molecule has 2 amide bonds. The molecule has 8 heteroatoms. The van der Waals surface area contributed by atoms with Crippen LogP contribution in [0, 0.1) is 19.8 Å². The van der Waals surface area contributed by atoms with Crippen LogP contribution in [0.1, 0.15) is 30.9 Å². The zero-order valence-corrected chi connectivity index (χ0v) is 19.2. The molecule has 1 saturated heterocycles. The number of carbonyl (C=O) groups excluding carboxylic acids is 2. The molecule has 1 fully saturated rings. The molecule has 1 N–H and O–H groups in total. The molecule has 1 aliphatic rings. The van der Waals surface area contributed by atoms with Crippen LogP contribution in [-0.2, 0) is 19.6 Å². The fourth-order valence-corrected chi connectivity index (χ4v) is 5.13. The smallest absolute Gasteiger partial charge is 0.243 e. The minimum Gasteiger partial charge on any atom is -0.326 e. The first-order chi connectivity index (χ1) is 14.6. The van der Waals surface area contributed by atoms with Gasteiger partial charge in [-0.15, -0.1) is 0 Å². The fourth-order valence-electron chi connectivity index (χ4n) is 3.58. The molecule has 3 rings (SSSR count). The van der Waals surface area contributed by atoms with Crippen LogP contribution in [0.4, 0.5) is 11.4 Å². The highest BCUT2D eigenvalue weighted by Gasteiger charge is 2.32. The highest BCUT2D eigenvalue weighted by atomic mass is 32.2. The first-order valence-electron chi connectivity index (χ1n) is 10.3. The summed E-state index contributed by atoms with van der Waals surface area (Å²) in [6.07, 6.45) is 0.947. The van der Waals surface area contributed by atoms with Crippen molar-refractivity contribution in [1.82, 2.24) is 4.31 Å². The van der Waals surface area contributed by atoms with Crippen LogP contribution in [0.2, 0.25) is 0 Å². The minimum absolute atomic E-state index is 0.0701. The Morgan fingerprint density at radius 3 is 2.16 bits per heavy atom. The number of hydrogen-bond donors (Lipinski definition) is 1. The Kier molecular flexibility index (Phi) is 6.81. The van der Waals surface area contributed by atoms with E-state index in [2.05, 4.69) is 5.32 Å². The van der Waals surface area contributed by atoms with Crippen LogP contribution < -0.4 is 10.2 Å². The number of rotatable bonds is 5. The summed E-state index contributed by atoms with van der Waals surface area (Å²) in [7, 11) is -1.87. The number of benzene rings is 2. The van der Waals surface area contributed by atoms with E-state index in [0.29, 0.717) is 36.5 Å². The second-order valence-corrected chi connectivity index (χ2v) is 9.98. The molecule has 7 nitrogen and oxygen atoms in total. The summed E-state index contributed by atoms with van der Waals surface area (Å²) in [4.78, 5) is 25.9. The second kappa shape index (κ2) is 9.20. The predicted molar refractivity (Wildman–Crippen MR) is 122 cm³/mol. The van der Waals surface area contributed by atoms with Gasteiger partial charge in [0, 0.05) is 44.4 Å². The van der Waals surface area contributed by atoms with Crippen molar-refractivity contribution >= 4 is 33.2 Å². The Hall–Kier alpha value is -2.71. The predicted octanol–water partition coefficient (Wildman–Crippen LogP) is 3.33. The maximum Gasteiger partial charge on any atom is 0.243 e. The summed E-state index contributed by atoms with van der Waals surface area (Å²) in [6, 6.07) is 12.2. The summed E-state index contributed by atoms with van der Waals surface area (Å²) in [5, 5.41) is 2.90. The van der Waals surface area contributed by atoms with Gasteiger partial charge in [0.25, 0.3) is 0 Å². The molecule has 0 unspecified atom stereocenters. The maximum absolute atomic E-state index is 13.0. The first-order valence-corrected chi connectivity index (χ1v) is 11.8. The maximum atomic E-state index is 13.0. The lowest BCUT2D eigenvalue weighted by atomic mass is 9.97. The van der Waals surface area contributed by atoms with Gasteiger partial charge in [-0.05, 0) is 74.2 Å². The van der Waals surface area contributed by atoms with E-state index in [1.54, 1.807) is 43.4 Å². The van der Waals surface area contributed by atoms with Gasteiger partial charge in [-0.3, -0.25) is 9.59 Å². The third-order valence-electron chi connectivity index (χ3n) is 5.94. The van der Waals surface area contributed by atoms with Gasteiger partial charge in [0.2, 0.25) is 21.8 Å². The largest absolute Gasteiger partial charge is 0.326 e. The first kappa shape index (κ1) is 23.0. The normalized spacial score (nSPS) is 15.5. The van der Waals surface area contributed by atoms with Crippen molar-refractivity contribution in [3.63, 3.8) is 0 Å². The second-order valence-electron chi connectivity index (χ2n) is 8.04. The molecule has 1 heterocycles. The Bertz CT molecular complexity index is 1070. The van der Waals surface area contributed by atoms with Gasteiger partial charge in [-0.1, -0.05) is 6.07 Å². The zero-order valence-electron chi connectivity index (χ0n) is 18.4. The van der Waals surface area contributed by atoms with E-state index in [-0.39, 0.29) is 17.7 Å². The lowest BCUT2D eigenvalue weighted by molar-refractivity contribution is -0.121. The highest BCUT2D eigenvalue weighted by Crippen LogP contribution is 2.26. The molecule has 0 bridgehead atoms. The molecule has 31 heavy (non-hydrogen) atoms. The van der Waals surface area contributed by atoms with E-state index < -0.39 is 10.0 Å². The van der Waals surface area contributed by atoms with E-state index in [9.17, 15) is 18.0 Å². The van der Waals surface area contributed by atoms with Crippen LogP contribution in [0.25, 0.3) is 0 Å². The summed E-state index contributed by atoms with van der Waals surface area (Å²) in [6.45, 7) is 5.97. The number of carbonyl (C=O) groups is 2. The summed E-state index contributed by atoms with van der Waals surface area (Å²) in [5.74, 6) is -0.430. The molecular weight excluding hydrogens is 414 g/mol. The molecule has 0 radical (unpaired) electrons. The van der Waals surface area contributed by atoms with Gasteiger partial charge < -0.3 is 10.2 Å². The van der Waals surface area contributed by atoms with Crippen LogP contribution in [0.15, 0.2) is 47.4 Å². The summed E-state index contributed by atoms with van der Waals surface area (Å²) in [5.41, 5.74) is 3.39. The fraction of sp³-hybridized carbons (Fsp3) is 0.391. The van der Waals surface area contributed by atoms with E-state index in [4.69, 9.17) is 0 Å². The summed E-state index contributed by atoms with van der Waals surface area (Å²) >= 11 is 0. The number of amides is 2. The standard InChI is InChI=1S/C23H29N3O4S/c1-16-5-10-22(15-17(16)2)31(29,30)26-13-11-19(12-14-26)23(28)24-20-6-8-21(9-7-20)25(4)18(3)27/h5-10,15,19H,11-14H2,1-4H3,(H,24,28). The average molecular weight is 444 g/mol. The number of aryl methyl sites for hydroxylation is 2. The minimum atomic E-state index is -3.56. The van der Waals surface area contributed by atoms with Gasteiger partial charge >= 0.3 is 0 Å². The number of piperidine rings is 1. The van der Waals surface area contributed by atoms with E-state index in [1.807, 2.05) is 19.9 Å². The number of sulfonamides is 1. The van der Waals surface area contributed by atoms with Crippen molar-refractivity contribution in [2.45, 2.75) is 38.5 Å². The quantitative estimate of drug-likeness (QED) is 0.768. The Morgan fingerprint density at radius 2 is 1.61 bits per heavy atom. The van der Waals surface area contributed by atoms with Crippen molar-refractivity contribution in [3.05, 3.63) is 53.6 Å². The Balaban J connectivity index is 1.59. The molecular formula is C23H29N3O4S. The van der Waals surface area contributed by atoms with E-state index in [0.717, 1.165) is 16.8 Å². The molecule has 0 atom stereocenters. The van der Waals surface area contributed by atoms with Crippen LogP contribution in [0.3, 0.4) is 0 Å². The van der Waals surface area contributed by atoms with Gasteiger partial charge in [-0.2, -0.15) is 4.31 Å². The molecule has 2 aromatic carbocycles. The Morgan fingerprint density at radius 1 is 1.00 bits per heavy atom. The van der Waals surface area contributed by atoms with Gasteiger partial charge in [-0.25, -0.2) is 8.42 Å². The lowest BCUT2D eigenvalue weighted by Gasteiger charge is -2.30. The van der Waals surface area contributed by atoms with Gasteiger partial charge in [0.1, 0.15) is 0 Å². The SMILES string of the molecule is CC(=O)N(C)c1ccc(NC(=O)C2CCN(S(=O)(=O)c3ccc(C)c(C)c3)CC2)cc1. The Labute approximate surface area is 184 Å². The van der Waals surface area contributed by atoms with Crippen molar-refractivity contribution < 1.29 is 18.0 Å². The third kappa shape index (κ3) is 5.14. The molecule has 2 aromatic rings. The van der Waals surface area contributed by atoms with Crippen molar-refractivity contribution in [2.24, 2.45) is 5.92 Å². The molecule has 0 aromatic heterocycles. The number of hydrogen-bond acceptors (Lipinski definition) is 4. The van der Waals surface area contributed by atoms with Crippen molar-refractivity contribution in [1.29, 1.82) is 0 Å². The van der Waals surface area contributed by atoms with Gasteiger partial charge in [0.15, 0.2) is 0 Å². The van der Waals surface area contributed by atoms with E-state index in [1.165, 1.54) is 16.1 Å². The highest BCUT2D eigenvalue weighted by molar-refractivity contribution is 7.89. The van der Waals surface area contributed by atoms with Crippen molar-refractivity contribution in [3.8, 4) is 0 Å². The molecule has 0 spiro atoms. The molecule has 0 aliphatic carbocycles. The topological polar surface area (TPSA) is 86.8 Å². The van der Waals surface area contributed by atoms with Gasteiger partial charge in [0.05, 0.1) is 4.90 Å². The third-order valence-corrected chi connectivity index (χ3v) is 7.83. The zero-order chi connectivity index (χ0) is 22.8. The van der Waals surface area contributed by atoms with E-state index >= 15 is 0 Å². The van der Waals surface area contributed by atoms with Crippen molar-refractivity contribution in [2.75, 3.05) is 30.4 Å². The number of nitrogens with one attached hydrogen (secondary N) is 1. The molecule has 1 aliphatic heterocycles. The average Bonchev–Trinajstić information content (AvgIpc) is 2.75. The van der Waals surface area contributed by atoms with Crippen LogP contribution in [-0.4, -0.2) is 44.7 Å². The van der Waals surface area contributed by atoms with Crippen LogP contribution >= 0.6 is 0 Å². The number of anilines is 2.